The minimum atomic E-state index is -0.201. The Bertz CT molecular complexity index is 3680. The van der Waals surface area contributed by atoms with Crippen LogP contribution in [0.3, 0.4) is 0 Å². The largest absolute Gasteiger partial charge is 0.456 e. The summed E-state index contributed by atoms with van der Waals surface area (Å²) in [6, 6.07) is 45.1. The van der Waals surface area contributed by atoms with Gasteiger partial charge in [0.2, 0.25) is 0 Å². The summed E-state index contributed by atoms with van der Waals surface area (Å²) in [5.74, 6) is 0. The van der Waals surface area contributed by atoms with Crippen molar-refractivity contribution in [2.24, 2.45) is 0 Å². The highest BCUT2D eigenvalue weighted by Crippen LogP contribution is 2.56. The van der Waals surface area contributed by atoms with E-state index < -0.39 is 0 Å². The second kappa shape index (κ2) is 15.1. The Labute approximate surface area is 436 Å². The number of nitrogens with zero attached hydrogens (tertiary/aromatic N) is 1. The summed E-state index contributed by atoms with van der Waals surface area (Å²) in [5, 5.41) is 6.48. The zero-order valence-electron chi connectivity index (χ0n) is 46.1. The molecule has 1 aromatic heterocycles. The number of hydrogen-bond donors (Lipinski definition) is 1. The lowest BCUT2D eigenvalue weighted by atomic mass is 9.55. The first kappa shape index (κ1) is 46.8. The molecule has 1 radical (unpaired) electrons. The van der Waals surface area contributed by atoms with Gasteiger partial charge in [0.25, 0.3) is 0 Å². The predicted octanol–water partition coefficient (Wildman–Crippen LogP) is 17.8. The van der Waals surface area contributed by atoms with Crippen LogP contribution in [0, 0.1) is 0 Å². The maximum Gasteiger partial charge on any atom is 0.197 e. The number of nitrogens with one attached hydrogen (secondary N) is 1. The van der Waals surface area contributed by atoms with Crippen LogP contribution in [-0.4, -0.2) is 7.28 Å². The Balaban J connectivity index is 1.13. The Morgan fingerprint density at radius 3 is 1.67 bits per heavy atom. The maximum atomic E-state index is 7.14. The Hall–Kier alpha value is -6.00. The van der Waals surface area contributed by atoms with Gasteiger partial charge in [0.05, 0.1) is 11.1 Å². The van der Waals surface area contributed by atoms with E-state index in [1.807, 2.05) is 0 Å². The van der Waals surface area contributed by atoms with Gasteiger partial charge in [0.1, 0.15) is 11.2 Å². The fourth-order valence-corrected chi connectivity index (χ4v) is 14.6. The fraction of sp³-hybridized carbons (Fsp3) is 0.391. The van der Waals surface area contributed by atoms with Gasteiger partial charge >= 0.3 is 0 Å². The average molecular weight is 958 g/mol. The van der Waals surface area contributed by atoms with Crippen molar-refractivity contribution in [2.75, 3.05) is 10.2 Å². The molecule has 0 bridgehead atoms. The monoisotopic (exact) mass is 958 g/mol. The molecule has 7 aromatic carbocycles. The molecule has 0 saturated heterocycles. The van der Waals surface area contributed by atoms with Crippen molar-refractivity contribution in [3.63, 3.8) is 0 Å². The smallest absolute Gasteiger partial charge is 0.197 e. The number of fused-ring (bicyclic) bond motifs is 12. The highest BCUT2D eigenvalue weighted by atomic mass is 16.3. The van der Waals surface area contributed by atoms with Crippen LogP contribution in [0.25, 0.3) is 44.2 Å². The highest BCUT2D eigenvalue weighted by Gasteiger charge is 2.44. The van der Waals surface area contributed by atoms with E-state index in [-0.39, 0.29) is 37.9 Å². The van der Waals surface area contributed by atoms with Crippen molar-refractivity contribution >= 4 is 68.6 Å². The Morgan fingerprint density at radius 1 is 0.438 bits per heavy atom. The fourth-order valence-electron chi connectivity index (χ4n) is 14.6. The molecule has 2 heterocycles. The molecular weight excluding hydrogens is 884 g/mol. The number of para-hydroxylation sites is 1. The van der Waals surface area contributed by atoms with Crippen LogP contribution in [-0.2, 0) is 37.9 Å². The summed E-state index contributed by atoms with van der Waals surface area (Å²) in [4.78, 5) is 2.67. The van der Waals surface area contributed by atoms with E-state index in [1.54, 1.807) is 0 Å². The number of hydrogen-bond acceptors (Lipinski definition) is 3. The number of rotatable bonds is 4. The van der Waals surface area contributed by atoms with Gasteiger partial charge in [-0.05, 0) is 192 Å². The molecule has 0 saturated carbocycles. The zero-order chi connectivity index (χ0) is 51.2. The van der Waals surface area contributed by atoms with Crippen LogP contribution in [0.1, 0.15) is 180 Å². The summed E-state index contributed by atoms with van der Waals surface area (Å²) in [6.07, 6.45) is 7.01. The number of anilines is 5. The minimum Gasteiger partial charge on any atom is -0.456 e. The van der Waals surface area contributed by atoms with E-state index in [0.717, 1.165) is 52.6 Å². The summed E-state index contributed by atoms with van der Waals surface area (Å²) in [5.41, 5.74) is 26.9. The number of benzene rings is 7. The molecule has 5 aliphatic rings. The number of furan rings is 1. The van der Waals surface area contributed by atoms with Gasteiger partial charge in [0, 0.05) is 39.1 Å². The molecule has 369 valence electrons. The molecule has 0 spiro atoms. The third-order valence-electron chi connectivity index (χ3n) is 19.7. The van der Waals surface area contributed by atoms with Crippen LogP contribution < -0.4 is 21.1 Å². The Morgan fingerprint density at radius 2 is 1.00 bits per heavy atom. The summed E-state index contributed by atoms with van der Waals surface area (Å²) >= 11 is 0. The van der Waals surface area contributed by atoms with Crippen molar-refractivity contribution < 1.29 is 4.42 Å². The van der Waals surface area contributed by atoms with Gasteiger partial charge in [-0.25, -0.2) is 0 Å². The van der Waals surface area contributed by atoms with Crippen molar-refractivity contribution in [1.82, 2.24) is 0 Å². The molecule has 3 nitrogen and oxygen atoms in total. The van der Waals surface area contributed by atoms with Crippen LogP contribution >= 0.6 is 0 Å². The van der Waals surface area contributed by atoms with Gasteiger partial charge in [0.15, 0.2) is 7.28 Å². The topological polar surface area (TPSA) is 28.4 Å². The molecule has 0 atom stereocenters. The summed E-state index contributed by atoms with van der Waals surface area (Å²) < 4.78 is 7.14. The summed E-state index contributed by atoms with van der Waals surface area (Å²) in [7, 11) is 2.56. The third-order valence-corrected chi connectivity index (χ3v) is 19.7. The lowest BCUT2D eigenvalue weighted by Gasteiger charge is -2.45. The lowest BCUT2D eigenvalue weighted by molar-refractivity contribution is 0.332. The van der Waals surface area contributed by atoms with E-state index in [9.17, 15) is 0 Å². The van der Waals surface area contributed by atoms with Crippen molar-refractivity contribution in [2.45, 2.75) is 173 Å². The van der Waals surface area contributed by atoms with E-state index in [0.29, 0.717) is 0 Å². The van der Waals surface area contributed by atoms with E-state index in [2.05, 4.69) is 230 Å². The first-order chi connectivity index (χ1) is 34.4. The predicted molar refractivity (Wildman–Crippen MR) is 312 cm³/mol. The van der Waals surface area contributed by atoms with Gasteiger partial charge in [-0.15, -0.1) is 0 Å². The van der Waals surface area contributed by atoms with Gasteiger partial charge < -0.3 is 14.6 Å². The second-order valence-electron chi connectivity index (χ2n) is 27.6. The first-order valence-corrected chi connectivity index (χ1v) is 27.5. The van der Waals surface area contributed by atoms with E-state index in [1.165, 1.54) is 114 Å². The van der Waals surface area contributed by atoms with Crippen molar-refractivity contribution in [3.8, 4) is 22.3 Å². The quantitative estimate of drug-likeness (QED) is 0.178. The van der Waals surface area contributed by atoms with Crippen molar-refractivity contribution in [1.29, 1.82) is 0 Å². The van der Waals surface area contributed by atoms with Gasteiger partial charge in [-0.3, -0.25) is 0 Å². The molecule has 4 aliphatic carbocycles. The SMILES string of the molecule is CC1(C)CCC(C)(C)c2cc(Nc3cc4c(cc3-c3cc5oc6ccccc6c5c5c3[B]c3cc6c(cc3N5c3ccc5c(c3)C(C)(C)CCC5(C)C)C(C)(C)CCC6(C)C)C(C)(C)c3ccccc3-4)ccc21. The third kappa shape index (κ3) is 6.83. The van der Waals surface area contributed by atoms with Crippen LogP contribution in [0.5, 0.6) is 0 Å². The zero-order valence-corrected chi connectivity index (χ0v) is 46.1. The van der Waals surface area contributed by atoms with E-state index in [4.69, 9.17) is 4.42 Å². The van der Waals surface area contributed by atoms with E-state index >= 15 is 0 Å². The normalized spacial score (nSPS) is 20.4. The molecule has 0 fully saturated rings. The van der Waals surface area contributed by atoms with Crippen LogP contribution in [0.4, 0.5) is 28.4 Å². The molecule has 0 unspecified atom stereocenters. The molecule has 0 amide bonds. The second-order valence-corrected chi connectivity index (χ2v) is 27.6. The Kier molecular flexibility index (Phi) is 9.66. The standard InChI is InChI=1S/C69H74BN2O/c1-63(2)27-29-65(5,6)51-33-40(23-25-48(51)63)71-56-36-44-42-19-15-17-21-47(42)69(13,14)50(44)35-45(56)46-37-59-60(43-20-16-18-22-58(43)73-59)62-61(46)70-55-38-53-54(68(11,12)32-31-67(53,9)10)39-57(55)72(62)41-24-26-49-52(34-41)66(7,8)30-28-64(49,3)4/h15-26,33-39,71H,27-32H2,1-14H3. The molecule has 73 heavy (non-hydrogen) atoms. The molecule has 1 N–H and O–H groups in total. The highest BCUT2D eigenvalue weighted by molar-refractivity contribution is 6.74. The van der Waals surface area contributed by atoms with Crippen LogP contribution in [0.15, 0.2) is 120 Å². The molecule has 8 aromatic rings. The van der Waals surface area contributed by atoms with Gasteiger partial charge in [-0.1, -0.05) is 163 Å². The average Bonchev–Trinajstić information content (AvgIpc) is 3.84. The lowest BCUT2D eigenvalue weighted by Crippen LogP contribution is -2.44. The van der Waals surface area contributed by atoms with Crippen molar-refractivity contribution in [3.05, 3.63) is 160 Å². The molecular formula is C69H74BN2O. The van der Waals surface area contributed by atoms with Gasteiger partial charge in [-0.2, -0.15) is 0 Å². The molecule has 1 aliphatic heterocycles. The first-order valence-electron chi connectivity index (χ1n) is 27.5. The molecule has 13 rings (SSSR count). The molecule has 4 heteroatoms. The summed E-state index contributed by atoms with van der Waals surface area (Å²) in [6.45, 7) is 34.2. The maximum absolute atomic E-state index is 7.14. The van der Waals surface area contributed by atoms with Crippen LogP contribution in [0.2, 0.25) is 0 Å². The minimum absolute atomic E-state index is 0.0320.